The second-order valence-corrected chi connectivity index (χ2v) is 2.83. The van der Waals surface area contributed by atoms with Crippen molar-refractivity contribution in [1.82, 2.24) is 4.37 Å². The zero-order chi connectivity index (χ0) is 7.52. The Labute approximate surface area is 69.5 Å². The predicted molar refractivity (Wildman–Crippen MR) is 46.4 cm³/mol. The summed E-state index contributed by atoms with van der Waals surface area (Å²) in [5.41, 5.74) is 2.07. The largest absolute Gasteiger partial charge is 0.193 e. The molecule has 1 nitrogen and oxygen atoms in total. The molecular formula is C9H6NS. The molecule has 0 aliphatic rings. The maximum atomic E-state index is 4.20. The van der Waals surface area contributed by atoms with E-state index in [1.165, 1.54) is 11.5 Å². The summed E-state index contributed by atoms with van der Waals surface area (Å²) in [5.74, 6) is 0. The lowest BCUT2D eigenvalue weighted by molar-refractivity contribution is 1.52. The lowest BCUT2D eigenvalue weighted by Gasteiger charge is -1.91. The second-order valence-electron chi connectivity index (χ2n) is 2.16. The molecule has 0 bridgehead atoms. The first-order chi connectivity index (χ1) is 5.47. The zero-order valence-corrected chi connectivity index (χ0v) is 6.64. The first-order valence-electron chi connectivity index (χ1n) is 3.34. The van der Waals surface area contributed by atoms with Crippen LogP contribution in [0.1, 0.15) is 0 Å². The minimum Gasteiger partial charge on any atom is -0.193 e. The van der Waals surface area contributed by atoms with Crippen LogP contribution in [-0.2, 0) is 0 Å². The van der Waals surface area contributed by atoms with Gasteiger partial charge in [-0.05, 0) is 23.7 Å². The van der Waals surface area contributed by atoms with E-state index >= 15 is 0 Å². The molecule has 0 saturated heterocycles. The van der Waals surface area contributed by atoms with Crippen molar-refractivity contribution in [2.75, 3.05) is 0 Å². The van der Waals surface area contributed by atoms with Gasteiger partial charge >= 0.3 is 0 Å². The Morgan fingerprint density at radius 1 is 1.27 bits per heavy atom. The van der Waals surface area contributed by atoms with E-state index in [-0.39, 0.29) is 0 Å². The molecule has 0 aliphatic carbocycles. The van der Waals surface area contributed by atoms with Gasteiger partial charge in [-0.15, -0.1) is 0 Å². The normalized spacial score (nSPS) is 9.82. The molecule has 2 heteroatoms. The van der Waals surface area contributed by atoms with Crippen LogP contribution in [0.15, 0.2) is 35.7 Å². The molecule has 1 heterocycles. The van der Waals surface area contributed by atoms with Gasteiger partial charge in [-0.25, -0.2) is 0 Å². The van der Waals surface area contributed by atoms with Crippen molar-refractivity contribution in [1.29, 1.82) is 0 Å². The summed E-state index contributed by atoms with van der Waals surface area (Å²) in [4.78, 5) is 0. The van der Waals surface area contributed by atoms with Crippen molar-refractivity contribution in [2.24, 2.45) is 0 Å². The minimum absolute atomic E-state index is 1.01. The molecular weight excluding hydrogens is 154 g/mol. The van der Waals surface area contributed by atoms with E-state index in [1.807, 2.05) is 35.7 Å². The highest BCUT2D eigenvalue weighted by Crippen LogP contribution is 2.16. The Hall–Kier alpha value is -1.15. The summed E-state index contributed by atoms with van der Waals surface area (Å²) in [6.07, 6.45) is 0. The van der Waals surface area contributed by atoms with Crippen molar-refractivity contribution >= 4 is 11.5 Å². The number of aromatic nitrogens is 1. The van der Waals surface area contributed by atoms with Crippen molar-refractivity contribution in [3.63, 3.8) is 0 Å². The molecule has 2 aromatic rings. The number of nitrogens with zero attached hydrogens (tertiary/aromatic N) is 1. The van der Waals surface area contributed by atoms with E-state index in [2.05, 4.69) is 10.4 Å². The van der Waals surface area contributed by atoms with Crippen molar-refractivity contribution in [3.8, 4) is 11.3 Å². The number of rotatable bonds is 1. The summed E-state index contributed by atoms with van der Waals surface area (Å²) in [6, 6.07) is 13.0. The molecule has 0 N–H and O–H groups in total. The quantitative estimate of drug-likeness (QED) is 0.625. The van der Waals surface area contributed by atoms with Crippen molar-refractivity contribution in [3.05, 3.63) is 41.8 Å². The third kappa shape index (κ3) is 1.30. The molecule has 0 fully saturated rings. The summed E-state index contributed by atoms with van der Waals surface area (Å²) >= 11 is 1.46. The lowest BCUT2D eigenvalue weighted by Crippen LogP contribution is -1.73. The molecule has 0 aliphatic heterocycles. The highest BCUT2D eigenvalue weighted by atomic mass is 32.1. The number of hydrogen-bond acceptors (Lipinski definition) is 2. The monoisotopic (exact) mass is 160 g/mol. The average molecular weight is 160 g/mol. The van der Waals surface area contributed by atoms with Gasteiger partial charge in [-0.1, -0.05) is 24.3 Å². The van der Waals surface area contributed by atoms with Crippen molar-refractivity contribution < 1.29 is 0 Å². The van der Waals surface area contributed by atoms with Crippen LogP contribution in [0.3, 0.4) is 0 Å². The van der Waals surface area contributed by atoms with E-state index in [1.54, 1.807) is 0 Å². The maximum Gasteiger partial charge on any atom is 0.0846 e. The molecule has 0 amide bonds. The molecule has 1 aromatic carbocycles. The molecule has 0 unspecified atom stereocenters. The van der Waals surface area contributed by atoms with Gasteiger partial charge in [-0.3, -0.25) is 0 Å². The van der Waals surface area contributed by atoms with Gasteiger partial charge in [0.15, 0.2) is 0 Å². The third-order valence-electron chi connectivity index (χ3n) is 1.42. The number of benzene rings is 1. The van der Waals surface area contributed by atoms with Crippen LogP contribution >= 0.6 is 11.5 Å². The molecule has 11 heavy (non-hydrogen) atoms. The van der Waals surface area contributed by atoms with Crippen molar-refractivity contribution in [2.45, 2.75) is 0 Å². The van der Waals surface area contributed by atoms with E-state index in [4.69, 9.17) is 0 Å². The van der Waals surface area contributed by atoms with E-state index in [0.29, 0.717) is 0 Å². The Morgan fingerprint density at radius 2 is 2.27 bits per heavy atom. The molecule has 0 saturated carbocycles. The van der Waals surface area contributed by atoms with E-state index in [0.717, 1.165) is 11.3 Å². The smallest absolute Gasteiger partial charge is 0.0846 e. The second kappa shape index (κ2) is 2.84. The van der Waals surface area contributed by atoms with E-state index < -0.39 is 0 Å². The third-order valence-corrected chi connectivity index (χ3v) is 1.98. The Bertz CT molecular complexity index is 313. The van der Waals surface area contributed by atoms with Crippen LogP contribution in [-0.4, -0.2) is 4.37 Å². The fourth-order valence-corrected chi connectivity index (χ4v) is 1.43. The average Bonchev–Trinajstić information content (AvgIpc) is 2.58. The fraction of sp³-hybridized carbons (Fsp3) is 0. The van der Waals surface area contributed by atoms with Gasteiger partial charge in [0.1, 0.15) is 0 Å². The predicted octanol–water partition coefficient (Wildman–Crippen LogP) is 2.61. The first-order valence-corrected chi connectivity index (χ1v) is 4.18. The van der Waals surface area contributed by atoms with Gasteiger partial charge in [0.2, 0.25) is 0 Å². The molecule has 2 rings (SSSR count). The highest BCUT2D eigenvalue weighted by molar-refractivity contribution is 7.03. The van der Waals surface area contributed by atoms with Crippen LogP contribution < -0.4 is 0 Å². The van der Waals surface area contributed by atoms with Crippen LogP contribution in [0.25, 0.3) is 11.3 Å². The summed E-state index contributed by atoms with van der Waals surface area (Å²) in [5, 5.41) is 1.97. The maximum absolute atomic E-state index is 4.20. The fourth-order valence-electron chi connectivity index (χ4n) is 0.904. The molecule has 53 valence electrons. The highest BCUT2D eigenvalue weighted by Gasteiger charge is 1.96. The first kappa shape index (κ1) is 6.55. The zero-order valence-electron chi connectivity index (χ0n) is 5.82. The van der Waals surface area contributed by atoms with Gasteiger partial charge in [-0.2, -0.15) is 4.37 Å². The van der Waals surface area contributed by atoms with Gasteiger partial charge in [0.25, 0.3) is 0 Å². The summed E-state index contributed by atoms with van der Waals surface area (Å²) < 4.78 is 4.20. The minimum atomic E-state index is 1.01. The molecule has 0 spiro atoms. The Kier molecular flexibility index (Phi) is 1.69. The number of hydrogen-bond donors (Lipinski definition) is 0. The Balaban J connectivity index is 2.46. The van der Waals surface area contributed by atoms with Gasteiger partial charge < -0.3 is 0 Å². The summed E-state index contributed by atoms with van der Waals surface area (Å²) in [6.45, 7) is 0. The van der Waals surface area contributed by atoms with Crippen LogP contribution in [0.5, 0.6) is 0 Å². The molecule has 1 aromatic heterocycles. The van der Waals surface area contributed by atoms with Gasteiger partial charge in [0, 0.05) is 10.9 Å². The molecule has 1 radical (unpaired) electrons. The lowest BCUT2D eigenvalue weighted by atomic mass is 10.2. The SMILES string of the molecule is [c]1ccccc1-c1ccsn1. The Morgan fingerprint density at radius 3 is 2.91 bits per heavy atom. The van der Waals surface area contributed by atoms with Crippen LogP contribution in [0, 0.1) is 6.07 Å². The van der Waals surface area contributed by atoms with E-state index in [9.17, 15) is 0 Å². The standard InChI is InChI=1S/C9H6NS/c1-2-4-8(5-3-1)9-6-7-11-10-9/h1-4,6-7H. The topological polar surface area (TPSA) is 12.9 Å². The molecule has 0 atom stereocenters. The van der Waals surface area contributed by atoms with Crippen LogP contribution in [0.4, 0.5) is 0 Å². The van der Waals surface area contributed by atoms with Gasteiger partial charge in [0.05, 0.1) is 5.69 Å². The van der Waals surface area contributed by atoms with Crippen LogP contribution in [0.2, 0.25) is 0 Å². The summed E-state index contributed by atoms with van der Waals surface area (Å²) in [7, 11) is 0.